The molecule has 4 rings (SSSR count). The maximum absolute atomic E-state index is 13.7. The normalized spacial score (nSPS) is 21.4. The third kappa shape index (κ3) is 5.31. The van der Waals surface area contributed by atoms with Crippen molar-refractivity contribution in [2.24, 2.45) is 5.92 Å². The molecule has 1 N–H and O–H groups in total. The van der Waals surface area contributed by atoms with Crippen molar-refractivity contribution in [3.63, 3.8) is 0 Å². The third-order valence-corrected chi connectivity index (χ3v) is 7.65. The van der Waals surface area contributed by atoms with Gasteiger partial charge in [-0.2, -0.15) is 0 Å². The van der Waals surface area contributed by atoms with Crippen LogP contribution in [0.4, 0.5) is 4.79 Å². The third-order valence-electron chi connectivity index (χ3n) is 6.91. The Bertz CT molecular complexity index is 1130. The highest BCUT2D eigenvalue weighted by atomic mass is 35.5. The molecule has 2 aromatic carbocycles. The van der Waals surface area contributed by atoms with Crippen LogP contribution in [0.2, 0.25) is 10.0 Å². The van der Waals surface area contributed by atoms with Crippen LogP contribution in [0.3, 0.4) is 0 Å². The Morgan fingerprint density at radius 2 is 1.81 bits per heavy atom. The van der Waals surface area contributed by atoms with Crippen molar-refractivity contribution in [1.82, 2.24) is 25.1 Å². The van der Waals surface area contributed by atoms with E-state index in [0.29, 0.717) is 29.6 Å². The van der Waals surface area contributed by atoms with E-state index in [1.807, 2.05) is 50.2 Å². The van der Waals surface area contributed by atoms with Crippen LogP contribution >= 0.6 is 23.2 Å². The van der Waals surface area contributed by atoms with Crippen molar-refractivity contribution in [2.75, 3.05) is 20.1 Å². The number of benzene rings is 2. The molecule has 2 aliphatic rings. The first-order chi connectivity index (χ1) is 17.2. The number of hydrazine groups is 1. The van der Waals surface area contributed by atoms with Crippen molar-refractivity contribution >= 4 is 41.0 Å². The molecule has 2 heterocycles. The predicted molar refractivity (Wildman–Crippen MR) is 139 cm³/mol. The highest BCUT2D eigenvalue weighted by molar-refractivity contribution is 6.42. The number of rotatable bonds is 6. The zero-order chi connectivity index (χ0) is 26.0. The first kappa shape index (κ1) is 26.3. The van der Waals surface area contributed by atoms with Crippen LogP contribution in [0.5, 0.6) is 0 Å². The molecule has 3 atom stereocenters. The summed E-state index contributed by atoms with van der Waals surface area (Å²) in [7, 11) is 1.72. The fourth-order valence-electron chi connectivity index (χ4n) is 4.85. The van der Waals surface area contributed by atoms with Crippen LogP contribution in [0.15, 0.2) is 48.5 Å². The number of urea groups is 1. The monoisotopic (exact) mass is 531 g/mol. The van der Waals surface area contributed by atoms with E-state index in [0.717, 1.165) is 11.1 Å². The molecule has 0 aliphatic carbocycles. The van der Waals surface area contributed by atoms with E-state index in [2.05, 4.69) is 5.32 Å². The van der Waals surface area contributed by atoms with Crippen molar-refractivity contribution < 1.29 is 14.4 Å². The topological polar surface area (TPSA) is 76.2 Å². The Morgan fingerprint density at radius 3 is 2.47 bits per heavy atom. The number of halogens is 2. The number of hydrogen-bond donors (Lipinski definition) is 1. The molecule has 192 valence electrons. The van der Waals surface area contributed by atoms with Gasteiger partial charge in [0.15, 0.2) is 0 Å². The summed E-state index contributed by atoms with van der Waals surface area (Å²) in [6.45, 7) is 4.81. The summed E-state index contributed by atoms with van der Waals surface area (Å²) >= 11 is 12.3. The van der Waals surface area contributed by atoms with E-state index in [9.17, 15) is 14.4 Å². The number of nitrogens with zero attached hydrogens (tertiary/aromatic N) is 4. The quantitative estimate of drug-likeness (QED) is 0.611. The highest BCUT2D eigenvalue weighted by Gasteiger charge is 2.51. The van der Waals surface area contributed by atoms with Gasteiger partial charge in [0.05, 0.1) is 23.1 Å². The first-order valence-corrected chi connectivity index (χ1v) is 12.8. The first-order valence-electron chi connectivity index (χ1n) is 12.1. The molecule has 2 aromatic rings. The van der Waals surface area contributed by atoms with Crippen molar-refractivity contribution in [1.29, 1.82) is 0 Å². The zero-order valence-electron chi connectivity index (χ0n) is 20.7. The van der Waals surface area contributed by atoms with Gasteiger partial charge in [-0.3, -0.25) is 9.59 Å². The summed E-state index contributed by atoms with van der Waals surface area (Å²) in [6.07, 6.45) is 0.0790. The van der Waals surface area contributed by atoms with Gasteiger partial charge in [0.25, 0.3) is 0 Å². The minimum Gasteiger partial charge on any atom is -0.333 e. The maximum Gasteiger partial charge on any atom is 0.334 e. The average Bonchev–Trinajstić information content (AvgIpc) is 2.86. The molecular formula is C26H31Cl2N5O3. The second-order valence-electron chi connectivity index (χ2n) is 9.38. The largest absolute Gasteiger partial charge is 0.334 e. The number of carbonyl (C=O) groups excluding carboxylic acids is 3. The number of fused-ring (bicyclic) bond motifs is 1. The van der Waals surface area contributed by atoms with Gasteiger partial charge in [-0.25, -0.2) is 14.8 Å². The average molecular weight is 532 g/mol. The lowest BCUT2D eigenvalue weighted by Crippen LogP contribution is -2.76. The van der Waals surface area contributed by atoms with E-state index in [4.69, 9.17) is 23.2 Å². The Balaban J connectivity index is 1.63. The van der Waals surface area contributed by atoms with Crippen LogP contribution in [0.25, 0.3) is 0 Å². The molecule has 0 radical (unpaired) electrons. The minimum absolute atomic E-state index is 0.0161. The lowest BCUT2D eigenvalue weighted by Gasteiger charge is -2.55. The molecule has 2 aliphatic heterocycles. The van der Waals surface area contributed by atoms with Gasteiger partial charge in [0, 0.05) is 20.1 Å². The SMILES string of the molecule is CCC(C)[C@H]1C(=O)N(Cc2ccc(Cl)c(Cl)c2)C[C@H]2N1C(=O)CN(C)N2C(=O)NCc1ccccc1. The van der Waals surface area contributed by atoms with E-state index in [1.54, 1.807) is 39.0 Å². The number of amides is 4. The molecule has 36 heavy (non-hydrogen) atoms. The van der Waals surface area contributed by atoms with Gasteiger partial charge in [-0.15, -0.1) is 0 Å². The van der Waals surface area contributed by atoms with E-state index in [-0.39, 0.29) is 36.9 Å². The summed E-state index contributed by atoms with van der Waals surface area (Å²) in [4.78, 5) is 43.7. The van der Waals surface area contributed by atoms with Gasteiger partial charge < -0.3 is 15.1 Å². The van der Waals surface area contributed by atoms with E-state index in [1.165, 1.54) is 0 Å². The molecule has 0 spiro atoms. The Hall–Kier alpha value is -2.81. The lowest BCUT2D eigenvalue weighted by atomic mass is 9.92. The van der Waals surface area contributed by atoms with Crippen LogP contribution in [-0.2, 0) is 22.7 Å². The number of likely N-dealkylation sites (N-methyl/N-ethyl adjacent to an activating group) is 1. The standard InChI is InChI=1S/C26H31Cl2N5O3/c1-4-17(2)24-25(35)31(14-19-10-11-20(27)21(28)12-19)15-22-32(24)23(34)16-30(3)33(22)26(36)29-13-18-8-6-5-7-9-18/h5-12,17,22,24H,4,13-16H2,1-3H3,(H,29,36)/t17?,22-,24-/m0/s1. The highest BCUT2D eigenvalue weighted by Crippen LogP contribution is 2.32. The van der Waals surface area contributed by atoms with Gasteiger partial charge in [-0.1, -0.05) is 79.9 Å². The number of carbonyl (C=O) groups is 3. The molecule has 2 fully saturated rings. The van der Waals surface area contributed by atoms with Crippen LogP contribution < -0.4 is 5.32 Å². The smallest absolute Gasteiger partial charge is 0.333 e. The summed E-state index contributed by atoms with van der Waals surface area (Å²) in [5, 5.41) is 7.01. The van der Waals surface area contributed by atoms with Gasteiger partial charge in [-0.05, 0) is 29.2 Å². The van der Waals surface area contributed by atoms with Gasteiger partial charge in [0.1, 0.15) is 12.2 Å². The molecule has 1 unspecified atom stereocenters. The summed E-state index contributed by atoms with van der Waals surface area (Å²) in [5.41, 5.74) is 1.79. The molecule has 8 nitrogen and oxygen atoms in total. The summed E-state index contributed by atoms with van der Waals surface area (Å²) in [6, 6.07) is 13.9. The Kier molecular flexibility index (Phi) is 8.07. The molecule has 0 bridgehead atoms. The van der Waals surface area contributed by atoms with Gasteiger partial charge in [0.2, 0.25) is 11.8 Å². The number of piperazine rings is 1. The van der Waals surface area contributed by atoms with Crippen molar-refractivity contribution in [3.05, 3.63) is 69.7 Å². The second-order valence-corrected chi connectivity index (χ2v) is 10.2. The predicted octanol–water partition coefficient (Wildman–Crippen LogP) is 3.98. The molecule has 10 heteroatoms. The van der Waals surface area contributed by atoms with E-state index < -0.39 is 12.2 Å². The second kappa shape index (κ2) is 11.1. The Labute approximate surface area is 221 Å². The maximum atomic E-state index is 13.7. The van der Waals surface area contributed by atoms with Crippen LogP contribution in [-0.4, -0.2) is 70.0 Å². The van der Waals surface area contributed by atoms with Crippen LogP contribution in [0.1, 0.15) is 31.4 Å². The van der Waals surface area contributed by atoms with Crippen LogP contribution in [0, 0.1) is 5.92 Å². The van der Waals surface area contributed by atoms with Crippen molar-refractivity contribution in [3.8, 4) is 0 Å². The lowest BCUT2D eigenvalue weighted by molar-refractivity contribution is -0.190. The van der Waals surface area contributed by atoms with Crippen molar-refractivity contribution in [2.45, 2.75) is 45.6 Å². The molecule has 0 aromatic heterocycles. The van der Waals surface area contributed by atoms with E-state index >= 15 is 0 Å². The zero-order valence-corrected chi connectivity index (χ0v) is 22.2. The number of nitrogens with one attached hydrogen (secondary N) is 1. The fraction of sp³-hybridized carbons (Fsp3) is 0.423. The van der Waals surface area contributed by atoms with Gasteiger partial charge >= 0.3 is 6.03 Å². The fourth-order valence-corrected chi connectivity index (χ4v) is 5.17. The summed E-state index contributed by atoms with van der Waals surface area (Å²) < 4.78 is 0. The minimum atomic E-state index is -0.665. The molecule has 2 saturated heterocycles. The summed E-state index contributed by atoms with van der Waals surface area (Å²) in [5.74, 6) is -0.380. The Morgan fingerprint density at radius 1 is 1.08 bits per heavy atom. The molecule has 4 amide bonds. The number of hydrogen-bond acceptors (Lipinski definition) is 4. The molecule has 0 saturated carbocycles. The molecular weight excluding hydrogens is 501 g/mol.